The molecule has 0 saturated carbocycles. The second-order valence-electron chi connectivity index (χ2n) is 8.86. The Morgan fingerprint density at radius 1 is 1.22 bits per heavy atom. The molecule has 32 heavy (non-hydrogen) atoms. The molecule has 1 saturated heterocycles. The highest BCUT2D eigenvalue weighted by Gasteiger charge is 2.17. The molecule has 3 rings (SSSR count). The van der Waals surface area contributed by atoms with Gasteiger partial charge in [-0.15, -0.1) is 0 Å². The summed E-state index contributed by atoms with van der Waals surface area (Å²) in [4.78, 5) is 22.7. The lowest BCUT2D eigenvalue weighted by Crippen LogP contribution is -2.46. The highest BCUT2D eigenvalue weighted by Crippen LogP contribution is 2.19. The number of aryl methyl sites for hydroxylation is 2. The molecule has 2 aromatic rings. The van der Waals surface area contributed by atoms with Crippen LogP contribution in [0.15, 0.2) is 23.0 Å². The van der Waals surface area contributed by atoms with Crippen LogP contribution in [-0.4, -0.2) is 91.4 Å². The minimum absolute atomic E-state index is 0.0435. The molecule has 0 unspecified atom stereocenters. The number of benzene rings is 1. The van der Waals surface area contributed by atoms with E-state index in [4.69, 9.17) is 17.0 Å². The number of morpholine rings is 1. The smallest absolute Gasteiger partial charge is 0.253 e. The molecule has 0 bridgehead atoms. The number of nitrogens with one attached hydrogen (secondary N) is 2. The number of ether oxygens (including phenoxy) is 1. The van der Waals surface area contributed by atoms with Crippen molar-refractivity contribution in [2.75, 3.05) is 66.6 Å². The number of rotatable bonds is 9. The third kappa shape index (κ3) is 6.75. The van der Waals surface area contributed by atoms with Crippen LogP contribution in [0, 0.1) is 13.8 Å². The molecule has 1 aliphatic heterocycles. The van der Waals surface area contributed by atoms with Gasteiger partial charge in [-0.2, -0.15) is 0 Å². The fourth-order valence-corrected chi connectivity index (χ4v) is 4.19. The van der Waals surface area contributed by atoms with Crippen molar-refractivity contribution < 1.29 is 4.74 Å². The van der Waals surface area contributed by atoms with Crippen molar-refractivity contribution in [1.29, 1.82) is 0 Å². The van der Waals surface area contributed by atoms with Crippen LogP contribution in [0.5, 0.6) is 0 Å². The molecule has 0 aliphatic carbocycles. The fraction of sp³-hybridized carbons (Fsp3) is 0.583. The number of pyridine rings is 1. The Kier molecular flexibility index (Phi) is 9.04. The summed E-state index contributed by atoms with van der Waals surface area (Å²) in [5, 5.41) is 5.16. The third-order valence-electron chi connectivity index (χ3n) is 6.12. The first-order valence-corrected chi connectivity index (χ1v) is 11.9. The van der Waals surface area contributed by atoms with Crippen molar-refractivity contribution in [3.63, 3.8) is 0 Å². The Bertz CT molecular complexity index is 969. The van der Waals surface area contributed by atoms with E-state index in [2.05, 4.69) is 65.1 Å². The van der Waals surface area contributed by atoms with E-state index in [0.717, 1.165) is 80.9 Å². The molecule has 0 radical (unpaired) electrons. The first-order chi connectivity index (χ1) is 15.3. The first-order valence-electron chi connectivity index (χ1n) is 11.4. The first kappa shape index (κ1) is 24.6. The molecule has 1 aromatic carbocycles. The molecule has 2 N–H and O–H groups in total. The van der Waals surface area contributed by atoms with Crippen molar-refractivity contribution >= 4 is 28.2 Å². The van der Waals surface area contributed by atoms with Gasteiger partial charge in [-0.1, -0.05) is 12.1 Å². The minimum atomic E-state index is -0.0435. The third-order valence-corrected chi connectivity index (χ3v) is 6.53. The minimum Gasteiger partial charge on any atom is -0.379 e. The van der Waals surface area contributed by atoms with Crippen molar-refractivity contribution in [1.82, 2.24) is 25.0 Å². The van der Waals surface area contributed by atoms with Gasteiger partial charge in [-0.25, -0.2) is 0 Å². The molecular formula is C24H37N5O2S. The van der Waals surface area contributed by atoms with Crippen molar-refractivity contribution in [2.45, 2.75) is 26.8 Å². The molecule has 2 heterocycles. The number of aromatic amines is 1. The van der Waals surface area contributed by atoms with E-state index in [-0.39, 0.29) is 5.56 Å². The number of nitrogens with zero attached hydrogens (tertiary/aromatic N) is 3. The zero-order valence-corrected chi connectivity index (χ0v) is 20.7. The zero-order chi connectivity index (χ0) is 23.1. The van der Waals surface area contributed by atoms with Crippen LogP contribution >= 0.6 is 12.2 Å². The van der Waals surface area contributed by atoms with Gasteiger partial charge >= 0.3 is 0 Å². The van der Waals surface area contributed by atoms with Crippen LogP contribution in [0.1, 0.15) is 23.1 Å². The molecule has 1 aromatic heterocycles. The number of aromatic nitrogens is 1. The summed E-state index contributed by atoms with van der Waals surface area (Å²) in [6, 6.07) is 6.19. The predicted octanol–water partition coefficient (Wildman–Crippen LogP) is 2.11. The lowest BCUT2D eigenvalue weighted by Gasteiger charge is -2.31. The van der Waals surface area contributed by atoms with Crippen molar-refractivity contribution in [3.05, 3.63) is 45.2 Å². The second-order valence-corrected chi connectivity index (χ2v) is 9.25. The lowest BCUT2D eigenvalue weighted by atomic mass is 10.0. The van der Waals surface area contributed by atoms with Gasteiger partial charge < -0.3 is 24.8 Å². The predicted molar refractivity (Wildman–Crippen MR) is 135 cm³/mol. The van der Waals surface area contributed by atoms with Gasteiger partial charge in [0.05, 0.1) is 25.3 Å². The molecule has 0 spiro atoms. The standard InChI is InChI=1S/C24H37N5O2S/c1-18-6-7-20-16-21(23(30)26-22(20)19(18)2)17-29(11-10-28-12-14-31-15-13-28)24(32)25-8-5-9-27(3)4/h6-7,16H,5,8-15,17H2,1-4H3,(H,25,32)(H,26,30). The fourth-order valence-electron chi connectivity index (χ4n) is 3.93. The summed E-state index contributed by atoms with van der Waals surface area (Å²) in [6.45, 7) is 11.5. The maximum Gasteiger partial charge on any atom is 0.253 e. The zero-order valence-electron chi connectivity index (χ0n) is 19.9. The summed E-state index contributed by atoms with van der Waals surface area (Å²) >= 11 is 5.74. The van der Waals surface area contributed by atoms with E-state index in [1.165, 1.54) is 5.56 Å². The highest BCUT2D eigenvalue weighted by molar-refractivity contribution is 7.80. The van der Waals surface area contributed by atoms with Gasteiger partial charge in [0.1, 0.15) is 0 Å². The van der Waals surface area contributed by atoms with Crippen LogP contribution < -0.4 is 10.9 Å². The highest BCUT2D eigenvalue weighted by atomic mass is 32.1. The average Bonchev–Trinajstić information content (AvgIpc) is 2.78. The van der Waals surface area contributed by atoms with E-state index in [0.29, 0.717) is 11.7 Å². The molecule has 0 atom stereocenters. The van der Waals surface area contributed by atoms with Gasteiger partial charge in [0, 0.05) is 38.3 Å². The SMILES string of the molecule is Cc1ccc2cc(CN(CCN3CCOCC3)C(=S)NCCCN(C)C)c(=O)[nH]c2c1C. The molecule has 7 nitrogen and oxygen atoms in total. The lowest BCUT2D eigenvalue weighted by molar-refractivity contribution is 0.0357. The van der Waals surface area contributed by atoms with Gasteiger partial charge in [0.25, 0.3) is 5.56 Å². The summed E-state index contributed by atoms with van der Waals surface area (Å²) < 4.78 is 5.47. The average molecular weight is 460 g/mol. The molecule has 1 fully saturated rings. The van der Waals surface area contributed by atoms with Gasteiger partial charge in [-0.3, -0.25) is 9.69 Å². The maximum absolute atomic E-state index is 12.9. The summed E-state index contributed by atoms with van der Waals surface area (Å²) in [6.07, 6.45) is 1.01. The van der Waals surface area contributed by atoms with Crippen LogP contribution in [0.4, 0.5) is 0 Å². The summed E-state index contributed by atoms with van der Waals surface area (Å²) in [5.74, 6) is 0. The normalized spacial score (nSPS) is 14.8. The van der Waals surface area contributed by atoms with Crippen molar-refractivity contribution in [3.8, 4) is 0 Å². The Balaban J connectivity index is 1.74. The largest absolute Gasteiger partial charge is 0.379 e. The topological polar surface area (TPSA) is 63.8 Å². The van der Waals surface area contributed by atoms with Crippen LogP contribution in [0.3, 0.4) is 0 Å². The molecule has 176 valence electrons. The monoisotopic (exact) mass is 459 g/mol. The van der Waals surface area contributed by atoms with E-state index >= 15 is 0 Å². The van der Waals surface area contributed by atoms with Crippen LogP contribution in [0.2, 0.25) is 0 Å². The van der Waals surface area contributed by atoms with E-state index < -0.39 is 0 Å². The van der Waals surface area contributed by atoms with Gasteiger partial charge in [0.2, 0.25) is 0 Å². The number of H-pyrrole nitrogens is 1. The Morgan fingerprint density at radius 3 is 2.69 bits per heavy atom. The Hall–Kier alpha value is -2.00. The van der Waals surface area contributed by atoms with Crippen LogP contribution in [0.25, 0.3) is 10.9 Å². The van der Waals surface area contributed by atoms with E-state index in [1.54, 1.807) is 0 Å². The molecule has 8 heteroatoms. The Labute approximate surface area is 196 Å². The number of hydrogen-bond donors (Lipinski definition) is 2. The van der Waals surface area contributed by atoms with Crippen molar-refractivity contribution in [2.24, 2.45) is 0 Å². The molecular weight excluding hydrogens is 422 g/mol. The Morgan fingerprint density at radius 2 is 1.97 bits per heavy atom. The number of fused-ring (bicyclic) bond motifs is 1. The van der Waals surface area contributed by atoms with Crippen LogP contribution in [-0.2, 0) is 11.3 Å². The number of thiocarbonyl (C=S) groups is 1. The molecule has 1 aliphatic rings. The maximum atomic E-state index is 12.9. The van der Waals surface area contributed by atoms with Gasteiger partial charge in [0.15, 0.2) is 5.11 Å². The quantitative estimate of drug-likeness (QED) is 0.440. The molecule has 0 amide bonds. The second kappa shape index (κ2) is 11.7. The summed E-state index contributed by atoms with van der Waals surface area (Å²) in [5.41, 5.74) is 3.91. The van der Waals surface area contributed by atoms with E-state index in [1.807, 2.05) is 6.07 Å². The van der Waals surface area contributed by atoms with Gasteiger partial charge in [-0.05, 0) is 75.7 Å². The number of hydrogen-bond acceptors (Lipinski definition) is 5. The summed E-state index contributed by atoms with van der Waals surface area (Å²) in [7, 11) is 4.14. The van der Waals surface area contributed by atoms with E-state index in [9.17, 15) is 4.79 Å².